The Morgan fingerprint density at radius 2 is 2.00 bits per heavy atom. The summed E-state index contributed by atoms with van der Waals surface area (Å²) in [6.07, 6.45) is 4.59. The van der Waals surface area contributed by atoms with Crippen molar-refractivity contribution in [3.8, 4) is 0 Å². The lowest BCUT2D eigenvalue weighted by molar-refractivity contribution is -0.137. The van der Waals surface area contributed by atoms with E-state index in [1.165, 1.54) is 28.2 Å². The van der Waals surface area contributed by atoms with Gasteiger partial charge in [-0.3, -0.25) is 25.2 Å². The van der Waals surface area contributed by atoms with E-state index in [9.17, 15) is 14.4 Å². The molecule has 0 spiro atoms. The van der Waals surface area contributed by atoms with Crippen LogP contribution in [0.1, 0.15) is 52.7 Å². The molecule has 1 aromatic heterocycles. The zero-order valence-corrected chi connectivity index (χ0v) is 16.5. The number of ether oxygens (including phenoxy) is 1. The number of hydrogen-bond donors (Lipinski definition) is 2. The first kappa shape index (κ1) is 19.8. The first-order valence-electron chi connectivity index (χ1n) is 9.63. The number of thiophene rings is 1. The van der Waals surface area contributed by atoms with Crippen molar-refractivity contribution in [3.05, 3.63) is 21.4 Å². The fourth-order valence-electron chi connectivity index (χ4n) is 3.50. The number of amides is 3. The second kappa shape index (κ2) is 9.32. The molecule has 1 aliphatic heterocycles. The molecule has 3 rings (SSSR count). The van der Waals surface area contributed by atoms with Gasteiger partial charge in [0.1, 0.15) is 0 Å². The second-order valence-corrected chi connectivity index (χ2v) is 8.21. The van der Waals surface area contributed by atoms with Crippen molar-refractivity contribution in [1.29, 1.82) is 0 Å². The molecule has 0 unspecified atom stereocenters. The minimum Gasteiger partial charge on any atom is -0.378 e. The summed E-state index contributed by atoms with van der Waals surface area (Å²) in [6.45, 7) is 4.42. The summed E-state index contributed by atoms with van der Waals surface area (Å²) in [5.74, 6) is -0.0180. The van der Waals surface area contributed by atoms with Crippen LogP contribution in [-0.2, 0) is 27.2 Å². The highest BCUT2D eigenvalue weighted by atomic mass is 32.1. The van der Waals surface area contributed by atoms with Crippen LogP contribution in [-0.4, -0.2) is 48.9 Å². The first-order chi connectivity index (χ1) is 13.1. The predicted octanol–water partition coefficient (Wildman–Crippen LogP) is 1.66. The number of fused-ring (bicyclic) bond motifs is 1. The van der Waals surface area contributed by atoms with E-state index in [0.717, 1.165) is 19.3 Å². The van der Waals surface area contributed by atoms with E-state index in [0.29, 0.717) is 37.1 Å². The van der Waals surface area contributed by atoms with Gasteiger partial charge in [-0.05, 0) is 36.8 Å². The van der Waals surface area contributed by atoms with Gasteiger partial charge in [-0.1, -0.05) is 13.3 Å². The van der Waals surface area contributed by atoms with Gasteiger partial charge < -0.3 is 9.64 Å². The second-order valence-electron chi connectivity index (χ2n) is 7.07. The van der Waals surface area contributed by atoms with E-state index in [1.807, 2.05) is 6.07 Å². The molecule has 1 saturated heterocycles. The van der Waals surface area contributed by atoms with Gasteiger partial charge in [0, 0.05) is 30.8 Å². The van der Waals surface area contributed by atoms with Gasteiger partial charge in [0.15, 0.2) is 0 Å². The van der Waals surface area contributed by atoms with Crippen molar-refractivity contribution in [2.45, 2.75) is 45.4 Å². The third kappa shape index (κ3) is 5.29. The van der Waals surface area contributed by atoms with Gasteiger partial charge in [-0.25, -0.2) is 0 Å². The number of carbonyl (C=O) groups is 3. The molecule has 27 heavy (non-hydrogen) atoms. The van der Waals surface area contributed by atoms with E-state index in [2.05, 4.69) is 17.8 Å². The van der Waals surface area contributed by atoms with Gasteiger partial charge in [-0.2, -0.15) is 0 Å². The van der Waals surface area contributed by atoms with Crippen molar-refractivity contribution in [2.75, 3.05) is 26.3 Å². The van der Waals surface area contributed by atoms with Crippen LogP contribution in [0.5, 0.6) is 0 Å². The topological polar surface area (TPSA) is 87.7 Å². The maximum absolute atomic E-state index is 12.3. The Bertz CT molecular complexity index is 697. The molecular formula is C19H27N3O4S. The minimum atomic E-state index is -0.364. The zero-order chi connectivity index (χ0) is 19.2. The lowest BCUT2D eigenvalue weighted by Crippen LogP contribution is -2.43. The highest BCUT2D eigenvalue weighted by Gasteiger charge is 2.22. The number of morpholine rings is 1. The average Bonchev–Trinajstić information content (AvgIpc) is 3.14. The van der Waals surface area contributed by atoms with Crippen LogP contribution in [0.3, 0.4) is 0 Å². The smallest absolute Gasteiger partial charge is 0.279 e. The summed E-state index contributed by atoms with van der Waals surface area (Å²) in [5.41, 5.74) is 6.14. The molecule has 0 saturated carbocycles. The van der Waals surface area contributed by atoms with Gasteiger partial charge in [-0.15, -0.1) is 11.3 Å². The minimum absolute atomic E-state index is 0.0512. The standard InChI is InChI=1S/C19H27N3O4S/c1-2-13-3-4-15-14(11-13)12-16(27-15)19(25)21-20-17(23)5-6-18(24)22-7-9-26-10-8-22/h12-13H,2-11H2,1H3,(H,20,23)(H,21,25)/t13-/m0/s1. The summed E-state index contributed by atoms with van der Waals surface area (Å²) < 4.78 is 5.21. The van der Waals surface area contributed by atoms with Crippen LogP contribution in [0.4, 0.5) is 0 Å². The predicted molar refractivity (Wildman–Crippen MR) is 102 cm³/mol. The van der Waals surface area contributed by atoms with Gasteiger partial charge in [0.25, 0.3) is 5.91 Å². The Morgan fingerprint density at radius 1 is 1.22 bits per heavy atom. The zero-order valence-electron chi connectivity index (χ0n) is 15.7. The number of carbonyl (C=O) groups excluding carboxylic acids is 3. The van der Waals surface area contributed by atoms with E-state index >= 15 is 0 Å². The molecule has 0 aromatic carbocycles. The molecule has 0 bridgehead atoms. The van der Waals surface area contributed by atoms with Crippen molar-refractivity contribution < 1.29 is 19.1 Å². The highest BCUT2D eigenvalue weighted by Crippen LogP contribution is 2.33. The van der Waals surface area contributed by atoms with Crippen LogP contribution in [0, 0.1) is 5.92 Å². The molecule has 8 heteroatoms. The summed E-state index contributed by atoms with van der Waals surface area (Å²) in [7, 11) is 0. The molecule has 2 heterocycles. The molecule has 1 aromatic rings. The molecule has 0 radical (unpaired) electrons. The highest BCUT2D eigenvalue weighted by molar-refractivity contribution is 7.14. The summed E-state index contributed by atoms with van der Waals surface area (Å²) in [5, 5.41) is 0. The maximum Gasteiger partial charge on any atom is 0.279 e. The number of nitrogens with one attached hydrogen (secondary N) is 2. The summed E-state index contributed by atoms with van der Waals surface area (Å²) >= 11 is 1.51. The largest absolute Gasteiger partial charge is 0.378 e. The molecule has 1 aliphatic carbocycles. The lowest BCUT2D eigenvalue weighted by Gasteiger charge is -2.26. The Kier molecular flexibility index (Phi) is 6.84. The molecule has 3 amide bonds. The summed E-state index contributed by atoms with van der Waals surface area (Å²) in [4.78, 5) is 39.9. The fraction of sp³-hybridized carbons (Fsp3) is 0.632. The van der Waals surface area contributed by atoms with Crippen molar-refractivity contribution >= 4 is 29.1 Å². The fourth-order valence-corrected chi connectivity index (χ4v) is 4.61. The van der Waals surface area contributed by atoms with Crippen LogP contribution >= 0.6 is 11.3 Å². The molecule has 7 nitrogen and oxygen atoms in total. The number of nitrogens with zero attached hydrogens (tertiary/aromatic N) is 1. The lowest BCUT2D eigenvalue weighted by atomic mass is 9.87. The number of rotatable bonds is 5. The monoisotopic (exact) mass is 393 g/mol. The van der Waals surface area contributed by atoms with E-state index in [4.69, 9.17) is 4.74 Å². The molecule has 1 fully saturated rings. The first-order valence-corrected chi connectivity index (χ1v) is 10.4. The van der Waals surface area contributed by atoms with Gasteiger partial charge >= 0.3 is 0 Å². The van der Waals surface area contributed by atoms with Crippen LogP contribution in [0.25, 0.3) is 0 Å². The Balaban J connectivity index is 1.42. The number of aryl methyl sites for hydroxylation is 1. The van der Waals surface area contributed by atoms with E-state index in [-0.39, 0.29) is 30.6 Å². The normalized spacial score (nSPS) is 19.3. The SMILES string of the molecule is CC[C@H]1CCc2sc(C(=O)NNC(=O)CCC(=O)N3CCOCC3)cc2C1. The quantitative estimate of drug-likeness (QED) is 0.745. The Hall–Kier alpha value is -1.93. The van der Waals surface area contributed by atoms with Crippen LogP contribution < -0.4 is 10.9 Å². The van der Waals surface area contributed by atoms with Crippen LogP contribution in [0.15, 0.2) is 6.07 Å². The maximum atomic E-state index is 12.3. The Morgan fingerprint density at radius 3 is 2.74 bits per heavy atom. The third-order valence-corrected chi connectivity index (χ3v) is 6.47. The van der Waals surface area contributed by atoms with Crippen molar-refractivity contribution in [1.82, 2.24) is 15.8 Å². The molecule has 148 valence electrons. The van der Waals surface area contributed by atoms with E-state index < -0.39 is 0 Å². The average molecular weight is 394 g/mol. The number of hydrogen-bond acceptors (Lipinski definition) is 5. The van der Waals surface area contributed by atoms with Crippen LogP contribution in [0.2, 0.25) is 0 Å². The Labute approximate surface area is 163 Å². The number of hydrazine groups is 1. The van der Waals surface area contributed by atoms with Crippen molar-refractivity contribution in [2.24, 2.45) is 5.92 Å². The van der Waals surface area contributed by atoms with E-state index in [1.54, 1.807) is 4.90 Å². The third-order valence-electron chi connectivity index (χ3n) is 5.23. The molecule has 2 aliphatic rings. The molecular weight excluding hydrogens is 366 g/mol. The summed E-state index contributed by atoms with van der Waals surface area (Å²) in [6, 6.07) is 1.95. The molecule has 2 N–H and O–H groups in total. The van der Waals surface area contributed by atoms with Crippen molar-refractivity contribution in [3.63, 3.8) is 0 Å². The van der Waals surface area contributed by atoms with Gasteiger partial charge in [0.05, 0.1) is 18.1 Å². The van der Waals surface area contributed by atoms with Gasteiger partial charge in [0.2, 0.25) is 11.8 Å². The molecule has 1 atom stereocenters.